The van der Waals surface area contributed by atoms with Crippen molar-refractivity contribution in [3.8, 4) is 6.07 Å². The van der Waals surface area contributed by atoms with Crippen molar-refractivity contribution in [2.24, 2.45) is 0 Å². The fraction of sp³-hybridized carbons (Fsp3) is 0.444. The largest absolute Gasteiger partial charge is 0.336 e. The molecule has 0 saturated carbocycles. The van der Waals surface area contributed by atoms with E-state index >= 15 is 0 Å². The molecule has 6 nitrogen and oxygen atoms in total. The number of nitrogens with zero attached hydrogens (tertiary/aromatic N) is 4. The first-order valence-corrected chi connectivity index (χ1v) is 8.52. The molecule has 1 N–H and O–H groups in total. The van der Waals surface area contributed by atoms with Gasteiger partial charge in [0.1, 0.15) is 6.07 Å². The molecular weight excluding hydrogens is 302 g/mol. The Morgan fingerprint density at radius 2 is 2.08 bits per heavy atom. The van der Waals surface area contributed by atoms with Crippen LogP contribution in [0.15, 0.2) is 30.6 Å². The zero-order valence-electron chi connectivity index (χ0n) is 13.6. The third-order valence-corrected chi connectivity index (χ3v) is 5.16. The molecule has 0 radical (unpaired) electrons. The molecule has 0 unspecified atom stereocenters. The fourth-order valence-corrected chi connectivity index (χ4v) is 3.89. The van der Waals surface area contributed by atoms with Crippen LogP contribution in [0.1, 0.15) is 24.0 Å². The number of hydrogen-bond donors (Lipinski definition) is 1. The number of likely N-dealkylation sites (tertiary alicyclic amines) is 1. The number of rotatable bonds is 3. The summed E-state index contributed by atoms with van der Waals surface area (Å²) < 4.78 is 2.02. The summed E-state index contributed by atoms with van der Waals surface area (Å²) in [6.45, 7) is 4.31. The summed E-state index contributed by atoms with van der Waals surface area (Å²) in [4.78, 5) is 16.2. The molecule has 2 aromatic heterocycles. The Morgan fingerprint density at radius 3 is 2.79 bits per heavy atom. The highest BCUT2D eigenvalue weighted by Gasteiger charge is 2.30. The van der Waals surface area contributed by atoms with Crippen LogP contribution in [-0.2, 0) is 6.54 Å². The van der Waals surface area contributed by atoms with Gasteiger partial charge in [-0.05, 0) is 25.0 Å². The molecule has 2 amide bonds. The number of urea groups is 1. The lowest BCUT2D eigenvalue weighted by atomic mass is 10.0. The zero-order valence-corrected chi connectivity index (χ0v) is 13.6. The van der Waals surface area contributed by atoms with Gasteiger partial charge in [0.05, 0.1) is 11.1 Å². The van der Waals surface area contributed by atoms with Crippen molar-refractivity contribution in [2.75, 3.05) is 26.2 Å². The minimum Gasteiger partial charge on any atom is -0.336 e. The number of aromatic nitrogens is 1. The molecule has 0 atom stereocenters. The van der Waals surface area contributed by atoms with Gasteiger partial charge in [0, 0.05) is 56.7 Å². The number of nitrogens with one attached hydrogen (secondary N) is 1. The lowest BCUT2D eigenvalue weighted by molar-refractivity contribution is 0.132. The molecule has 2 aliphatic heterocycles. The Kier molecular flexibility index (Phi) is 3.87. The Labute approximate surface area is 141 Å². The molecule has 2 aliphatic rings. The average Bonchev–Trinajstić information content (AvgIpc) is 3.18. The summed E-state index contributed by atoms with van der Waals surface area (Å²) in [5.41, 5.74) is 2.83. The zero-order chi connectivity index (χ0) is 16.5. The first kappa shape index (κ1) is 15.0. The van der Waals surface area contributed by atoms with Crippen LogP contribution in [0.5, 0.6) is 0 Å². The molecular formula is C18H21N5O. The van der Waals surface area contributed by atoms with E-state index in [0.717, 1.165) is 62.2 Å². The Hall–Kier alpha value is -2.52. The van der Waals surface area contributed by atoms with Crippen molar-refractivity contribution >= 4 is 11.5 Å². The van der Waals surface area contributed by atoms with Crippen LogP contribution in [0.3, 0.4) is 0 Å². The molecule has 4 heterocycles. The first-order chi connectivity index (χ1) is 11.8. The van der Waals surface area contributed by atoms with E-state index in [1.807, 2.05) is 33.7 Å². The molecule has 0 spiro atoms. The number of nitriles is 1. The van der Waals surface area contributed by atoms with Crippen LogP contribution < -0.4 is 5.32 Å². The normalized spacial score (nSPS) is 19.6. The first-order valence-electron chi connectivity index (χ1n) is 8.52. The molecule has 2 aromatic rings. The maximum Gasteiger partial charge on any atom is 0.317 e. The van der Waals surface area contributed by atoms with E-state index in [1.165, 1.54) is 0 Å². The molecule has 2 saturated heterocycles. The second-order valence-electron chi connectivity index (χ2n) is 6.57. The lowest BCUT2D eigenvalue weighted by Gasteiger charge is -2.36. The van der Waals surface area contributed by atoms with Crippen LogP contribution in [0.4, 0.5) is 4.79 Å². The van der Waals surface area contributed by atoms with Crippen LogP contribution in [0.2, 0.25) is 0 Å². The predicted molar refractivity (Wildman–Crippen MR) is 90.5 cm³/mol. The van der Waals surface area contributed by atoms with Crippen molar-refractivity contribution in [1.82, 2.24) is 19.5 Å². The topological polar surface area (TPSA) is 63.8 Å². The van der Waals surface area contributed by atoms with Crippen LogP contribution in [0.25, 0.3) is 5.52 Å². The summed E-state index contributed by atoms with van der Waals surface area (Å²) >= 11 is 0. The second kappa shape index (κ2) is 6.17. The Morgan fingerprint density at radius 1 is 1.25 bits per heavy atom. The van der Waals surface area contributed by atoms with Crippen molar-refractivity contribution in [1.29, 1.82) is 5.26 Å². The molecule has 24 heavy (non-hydrogen) atoms. The van der Waals surface area contributed by atoms with Gasteiger partial charge in [-0.25, -0.2) is 4.79 Å². The smallest absolute Gasteiger partial charge is 0.317 e. The maximum absolute atomic E-state index is 11.8. The lowest BCUT2D eigenvalue weighted by Crippen LogP contribution is -2.45. The molecule has 6 heteroatoms. The van der Waals surface area contributed by atoms with Crippen LogP contribution in [-0.4, -0.2) is 52.5 Å². The average molecular weight is 323 g/mol. The summed E-state index contributed by atoms with van der Waals surface area (Å²) in [6.07, 6.45) is 6.05. The van der Waals surface area contributed by atoms with Crippen molar-refractivity contribution < 1.29 is 4.79 Å². The molecule has 2 fully saturated rings. The highest BCUT2D eigenvalue weighted by molar-refractivity contribution is 5.76. The van der Waals surface area contributed by atoms with Crippen molar-refractivity contribution in [2.45, 2.75) is 25.4 Å². The van der Waals surface area contributed by atoms with Gasteiger partial charge >= 0.3 is 6.03 Å². The molecule has 0 aromatic carbocycles. The van der Waals surface area contributed by atoms with E-state index in [1.54, 1.807) is 0 Å². The minimum atomic E-state index is 0.0823. The Balaban J connectivity index is 1.44. The standard InChI is InChI=1S/C18H21N5O/c19-11-16-14(13-22-7-2-1-3-17(16)22)12-21-8-4-15(5-9-21)23-10-6-20-18(23)24/h1-3,7,13,15H,4-6,8-10,12H2,(H,20,24). The maximum atomic E-state index is 11.8. The monoisotopic (exact) mass is 323 g/mol. The van der Waals surface area contributed by atoms with E-state index in [2.05, 4.69) is 22.5 Å². The Bertz CT molecular complexity index is 797. The number of carbonyl (C=O) groups excluding carboxylic acids is 1. The summed E-state index contributed by atoms with van der Waals surface area (Å²) in [7, 11) is 0. The van der Waals surface area contributed by atoms with Gasteiger partial charge < -0.3 is 14.6 Å². The third kappa shape index (κ3) is 2.61. The van der Waals surface area contributed by atoms with Gasteiger partial charge in [0.15, 0.2) is 0 Å². The fourth-order valence-electron chi connectivity index (χ4n) is 3.89. The molecule has 124 valence electrons. The highest BCUT2D eigenvalue weighted by Crippen LogP contribution is 2.23. The van der Waals surface area contributed by atoms with E-state index in [4.69, 9.17) is 0 Å². The molecule has 0 aliphatic carbocycles. The van der Waals surface area contributed by atoms with E-state index < -0.39 is 0 Å². The number of amides is 2. The summed E-state index contributed by atoms with van der Waals surface area (Å²) in [6, 6.07) is 8.72. The number of hydrogen-bond acceptors (Lipinski definition) is 3. The highest BCUT2D eigenvalue weighted by atomic mass is 16.2. The quantitative estimate of drug-likeness (QED) is 0.937. The van der Waals surface area contributed by atoms with Gasteiger partial charge in [-0.1, -0.05) is 6.07 Å². The predicted octanol–water partition coefficient (Wildman–Crippen LogP) is 1.80. The van der Waals surface area contributed by atoms with Crippen molar-refractivity contribution in [3.63, 3.8) is 0 Å². The van der Waals surface area contributed by atoms with Gasteiger partial charge in [0.25, 0.3) is 0 Å². The number of piperidine rings is 1. The third-order valence-electron chi connectivity index (χ3n) is 5.16. The SMILES string of the molecule is N#Cc1c(CN2CCC(N3CCNC3=O)CC2)cn2ccccc12. The van der Waals surface area contributed by atoms with Crippen LogP contribution >= 0.6 is 0 Å². The van der Waals surface area contributed by atoms with Crippen molar-refractivity contribution in [3.05, 3.63) is 41.7 Å². The van der Waals surface area contributed by atoms with Crippen LogP contribution in [0, 0.1) is 11.3 Å². The van der Waals surface area contributed by atoms with Gasteiger partial charge in [-0.15, -0.1) is 0 Å². The number of fused-ring (bicyclic) bond motifs is 1. The summed E-state index contributed by atoms with van der Waals surface area (Å²) in [5, 5.41) is 12.4. The van der Waals surface area contributed by atoms with E-state index in [-0.39, 0.29) is 6.03 Å². The second-order valence-corrected chi connectivity index (χ2v) is 6.57. The van der Waals surface area contributed by atoms with E-state index in [9.17, 15) is 10.1 Å². The van der Waals surface area contributed by atoms with Gasteiger partial charge in [-0.2, -0.15) is 5.26 Å². The van der Waals surface area contributed by atoms with Gasteiger partial charge in [0.2, 0.25) is 0 Å². The number of carbonyl (C=O) groups is 1. The summed E-state index contributed by atoms with van der Waals surface area (Å²) in [5.74, 6) is 0. The van der Waals surface area contributed by atoms with E-state index in [0.29, 0.717) is 6.04 Å². The molecule has 4 rings (SSSR count). The minimum absolute atomic E-state index is 0.0823. The molecule has 0 bridgehead atoms. The van der Waals surface area contributed by atoms with Gasteiger partial charge in [-0.3, -0.25) is 4.90 Å². The number of pyridine rings is 1.